The minimum absolute atomic E-state index is 0.478. The zero-order valence-electron chi connectivity index (χ0n) is 14.9. The molecule has 0 saturated heterocycles. The molecule has 0 atom stereocenters. The van der Waals surface area contributed by atoms with E-state index in [1.54, 1.807) is 6.07 Å². The minimum atomic E-state index is 0.478. The summed E-state index contributed by atoms with van der Waals surface area (Å²) in [6.45, 7) is 2.48. The second-order valence-corrected chi connectivity index (χ2v) is 6.89. The van der Waals surface area contributed by atoms with Gasteiger partial charge in [0.05, 0.1) is 10.7 Å². The van der Waals surface area contributed by atoms with Crippen molar-refractivity contribution in [3.8, 4) is 16.9 Å². The number of ether oxygens (including phenoxy) is 1. The van der Waals surface area contributed by atoms with E-state index < -0.39 is 0 Å². The Morgan fingerprint density at radius 3 is 2.56 bits per heavy atom. The van der Waals surface area contributed by atoms with Crippen LogP contribution in [0.2, 0.25) is 5.02 Å². The minimum Gasteiger partial charge on any atom is -0.489 e. The second-order valence-electron chi connectivity index (χ2n) is 6.48. The molecule has 0 aliphatic heterocycles. The van der Waals surface area contributed by atoms with E-state index in [1.165, 1.54) is 0 Å². The Balaban J connectivity index is 1.67. The molecule has 0 amide bonds. The Kier molecular flexibility index (Phi) is 4.69. The topological polar surface area (TPSA) is 30.7 Å². The van der Waals surface area contributed by atoms with Gasteiger partial charge in [-0.25, -0.2) is 0 Å². The van der Waals surface area contributed by atoms with Gasteiger partial charge in [-0.2, -0.15) is 0 Å². The maximum absolute atomic E-state index is 11.7. The summed E-state index contributed by atoms with van der Waals surface area (Å²) in [5, 5.41) is 0.552. The number of carbonyl (C=O) groups excluding carboxylic acids is 1. The van der Waals surface area contributed by atoms with Gasteiger partial charge in [-0.1, -0.05) is 48.0 Å². The lowest BCUT2D eigenvalue weighted by molar-refractivity contribution is 0.111. The smallest absolute Gasteiger partial charge is 0.167 e. The first-order valence-electron chi connectivity index (χ1n) is 8.69. The van der Waals surface area contributed by atoms with Gasteiger partial charge in [-0.3, -0.25) is 4.79 Å². The van der Waals surface area contributed by atoms with Crippen molar-refractivity contribution in [1.29, 1.82) is 0 Å². The van der Waals surface area contributed by atoms with E-state index in [-0.39, 0.29) is 0 Å². The fourth-order valence-corrected chi connectivity index (χ4v) is 3.45. The molecule has 4 aromatic rings. The molecule has 0 bridgehead atoms. The van der Waals surface area contributed by atoms with E-state index >= 15 is 0 Å². The predicted molar refractivity (Wildman–Crippen MR) is 109 cm³/mol. The van der Waals surface area contributed by atoms with Crippen LogP contribution in [0.1, 0.15) is 21.6 Å². The highest BCUT2D eigenvalue weighted by atomic mass is 35.5. The van der Waals surface area contributed by atoms with Crippen LogP contribution in [0.15, 0.2) is 72.9 Å². The zero-order valence-corrected chi connectivity index (χ0v) is 15.6. The maximum atomic E-state index is 11.7. The fourth-order valence-electron chi connectivity index (χ4n) is 3.18. The number of benzene rings is 2. The van der Waals surface area contributed by atoms with Crippen LogP contribution >= 0.6 is 11.6 Å². The van der Waals surface area contributed by atoms with Gasteiger partial charge < -0.3 is 9.14 Å². The maximum Gasteiger partial charge on any atom is 0.167 e. The molecule has 4 rings (SSSR count). The standard InChI is InChI=1S/C23H18ClNO2/c1-16-7-8-18-11-21(23(14-26)25(18)13-16)20-10-9-19(12-22(20)24)27-15-17-5-3-2-4-6-17/h2-14H,15H2,1H3. The van der Waals surface area contributed by atoms with Crippen LogP contribution in [-0.2, 0) is 6.61 Å². The number of fused-ring (bicyclic) bond motifs is 1. The lowest BCUT2D eigenvalue weighted by Crippen LogP contribution is -1.96. The Labute approximate surface area is 162 Å². The summed E-state index contributed by atoms with van der Waals surface area (Å²) in [7, 11) is 0. The third kappa shape index (κ3) is 3.46. The van der Waals surface area contributed by atoms with Crippen LogP contribution in [0.4, 0.5) is 0 Å². The summed E-state index contributed by atoms with van der Waals surface area (Å²) < 4.78 is 7.73. The number of rotatable bonds is 5. The number of hydrogen-bond acceptors (Lipinski definition) is 2. The average Bonchev–Trinajstić information content (AvgIpc) is 3.04. The Bertz CT molecular complexity index is 1120. The molecule has 27 heavy (non-hydrogen) atoms. The first kappa shape index (κ1) is 17.4. The van der Waals surface area contributed by atoms with E-state index in [4.69, 9.17) is 16.3 Å². The highest BCUT2D eigenvalue weighted by molar-refractivity contribution is 6.33. The normalized spacial score (nSPS) is 10.9. The van der Waals surface area contributed by atoms with Gasteiger partial charge in [0.25, 0.3) is 0 Å². The van der Waals surface area contributed by atoms with Crippen LogP contribution < -0.4 is 4.74 Å². The molecule has 0 spiro atoms. The van der Waals surface area contributed by atoms with E-state index in [1.807, 2.05) is 78.2 Å². The monoisotopic (exact) mass is 375 g/mol. The highest BCUT2D eigenvalue weighted by Gasteiger charge is 2.15. The molecular formula is C23H18ClNO2. The summed E-state index contributed by atoms with van der Waals surface area (Å²) in [5.41, 5.74) is 5.35. The summed E-state index contributed by atoms with van der Waals surface area (Å²) in [6.07, 6.45) is 2.83. The SMILES string of the molecule is Cc1ccc2cc(-c3ccc(OCc4ccccc4)cc3Cl)c(C=O)n2c1. The number of carbonyl (C=O) groups is 1. The number of halogens is 1. The molecule has 134 valence electrons. The van der Waals surface area contributed by atoms with Crippen molar-refractivity contribution in [3.63, 3.8) is 0 Å². The van der Waals surface area contributed by atoms with Gasteiger partial charge in [0.2, 0.25) is 0 Å². The molecular weight excluding hydrogens is 358 g/mol. The van der Waals surface area contributed by atoms with E-state index in [0.717, 1.165) is 34.1 Å². The molecule has 2 aromatic heterocycles. The second kappa shape index (κ2) is 7.29. The number of aldehydes is 1. The third-order valence-corrected chi connectivity index (χ3v) is 4.86. The summed E-state index contributed by atoms with van der Waals surface area (Å²) >= 11 is 6.53. The van der Waals surface area contributed by atoms with Gasteiger partial charge in [-0.05, 0) is 48.4 Å². The largest absolute Gasteiger partial charge is 0.489 e. The molecule has 0 saturated carbocycles. The molecule has 0 radical (unpaired) electrons. The van der Waals surface area contributed by atoms with Gasteiger partial charge in [0, 0.05) is 22.8 Å². The molecule has 0 N–H and O–H groups in total. The summed E-state index contributed by atoms with van der Waals surface area (Å²) in [5.74, 6) is 0.694. The Morgan fingerprint density at radius 2 is 1.81 bits per heavy atom. The number of aryl methyl sites for hydroxylation is 1. The lowest BCUT2D eigenvalue weighted by atomic mass is 10.1. The quantitative estimate of drug-likeness (QED) is 0.403. The number of hydrogen-bond donors (Lipinski definition) is 0. The van der Waals surface area contributed by atoms with E-state index in [9.17, 15) is 4.79 Å². The van der Waals surface area contributed by atoms with Crippen molar-refractivity contribution in [2.45, 2.75) is 13.5 Å². The molecule has 0 fully saturated rings. The van der Waals surface area contributed by atoms with Gasteiger partial charge >= 0.3 is 0 Å². The van der Waals surface area contributed by atoms with Crippen molar-refractivity contribution in [2.24, 2.45) is 0 Å². The Morgan fingerprint density at radius 1 is 1.00 bits per heavy atom. The van der Waals surface area contributed by atoms with Crippen LogP contribution in [0, 0.1) is 6.92 Å². The van der Waals surface area contributed by atoms with Crippen LogP contribution in [0.5, 0.6) is 5.75 Å². The van der Waals surface area contributed by atoms with Gasteiger partial charge in [-0.15, -0.1) is 0 Å². The van der Waals surface area contributed by atoms with Crippen molar-refractivity contribution >= 4 is 23.4 Å². The van der Waals surface area contributed by atoms with Gasteiger partial charge in [0.15, 0.2) is 6.29 Å². The molecule has 0 aliphatic carbocycles. The average molecular weight is 376 g/mol. The molecule has 4 heteroatoms. The molecule has 2 aromatic carbocycles. The van der Waals surface area contributed by atoms with Crippen molar-refractivity contribution < 1.29 is 9.53 Å². The first-order valence-corrected chi connectivity index (χ1v) is 9.07. The highest BCUT2D eigenvalue weighted by Crippen LogP contribution is 2.35. The van der Waals surface area contributed by atoms with E-state index in [0.29, 0.717) is 23.1 Å². The number of aromatic nitrogens is 1. The molecule has 2 heterocycles. The Hall–Kier alpha value is -3.04. The first-order chi connectivity index (χ1) is 13.2. The summed E-state index contributed by atoms with van der Waals surface area (Å²) in [6, 6.07) is 21.5. The van der Waals surface area contributed by atoms with Crippen LogP contribution in [-0.4, -0.2) is 10.7 Å². The number of pyridine rings is 1. The van der Waals surface area contributed by atoms with Gasteiger partial charge in [0.1, 0.15) is 12.4 Å². The molecule has 3 nitrogen and oxygen atoms in total. The van der Waals surface area contributed by atoms with Crippen LogP contribution in [0.3, 0.4) is 0 Å². The fraction of sp³-hybridized carbons (Fsp3) is 0.0870. The third-order valence-electron chi connectivity index (χ3n) is 4.55. The van der Waals surface area contributed by atoms with Crippen LogP contribution in [0.25, 0.3) is 16.6 Å². The lowest BCUT2D eigenvalue weighted by Gasteiger charge is -2.09. The number of nitrogens with zero attached hydrogens (tertiary/aromatic N) is 1. The summed E-state index contributed by atoms with van der Waals surface area (Å²) in [4.78, 5) is 11.7. The predicted octanol–water partition coefficient (Wildman–Crippen LogP) is 5.96. The van der Waals surface area contributed by atoms with Crippen molar-refractivity contribution in [3.05, 3.63) is 94.8 Å². The zero-order chi connectivity index (χ0) is 18.8. The molecule has 0 aliphatic rings. The van der Waals surface area contributed by atoms with Crippen molar-refractivity contribution in [1.82, 2.24) is 4.40 Å². The van der Waals surface area contributed by atoms with E-state index in [2.05, 4.69) is 0 Å². The molecule has 0 unspecified atom stereocenters. The van der Waals surface area contributed by atoms with Crippen molar-refractivity contribution in [2.75, 3.05) is 0 Å².